The van der Waals surface area contributed by atoms with E-state index in [1.807, 2.05) is 0 Å². The molecular formula is C23H31N3O5. The third-order valence-electron chi connectivity index (χ3n) is 5.79. The van der Waals surface area contributed by atoms with E-state index < -0.39 is 18.0 Å². The fourth-order valence-electron chi connectivity index (χ4n) is 4.00. The summed E-state index contributed by atoms with van der Waals surface area (Å²) in [6.07, 6.45) is 6.94. The monoisotopic (exact) mass is 429 g/mol. The minimum Gasteiger partial charge on any atom is -0.451 e. The number of anilines is 1. The first-order valence-corrected chi connectivity index (χ1v) is 11.1. The average Bonchev–Trinajstić information content (AvgIpc) is 3.03. The Bertz CT molecular complexity index is 800. The molecule has 1 aromatic carbocycles. The molecule has 1 saturated carbocycles. The second kappa shape index (κ2) is 10.9. The van der Waals surface area contributed by atoms with E-state index in [-0.39, 0.29) is 24.4 Å². The van der Waals surface area contributed by atoms with Crippen molar-refractivity contribution in [1.29, 1.82) is 0 Å². The maximum Gasteiger partial charge on any atom is 0.326 e. The van der Waals surface area contributed by atoms with Crippen molar-refractivity contribution in [2.45, 2.75) is 70.4 Å². The molecule has 8 heteroatoms. The number of ether oxygens (including phenoxy) is 1. The van der Waals surface area contributed by atoms with Gasteiger partial charge in [-0.3, -0.25) is 19.2 Å². The second-order valence-corrected chi connectivity index (χ2v) is 8.21. The largest absolute Gasteiger partial charge is 0.451 e. The molecule has 1 atom stereocenters. The number of amides is 3. The Morgan fingerprint density at radius 1 is 1.06 bits per heavy atom. The Kier molecular flexibility index (Phi) is 8.03. The van der Waals surface area contributed by atoms with Crippen molar-refractivity contribution in [3.05, 3.63) is 29.8 Å². The average molecular weight is 430 g/mol. The molecule has 1 saturated heterocycles. The molecule has 1 heterocycles. The van der Waals surface area contributed by atoms with Crippen molar-refractivity contribution in [2.24, 2.45) is 0 Å². The lowest BCUT2D eigenvalue weighted by molar-refractivity contribution is -0.154. The summed E-state index contributed by atoms with van der Waals surface area (Å²) in [4.78, 5) is 50.1. The Balaban J connectivity index is 1.41. The van der Waals surface area contributed by atoms with Crippen molar-refractivity contribution >= 4 is 29.4 Å². The lowest BCUT2D eigenvalue weighted by Gasteiger charge is -2.19. The van der Waals surface area contributed by atoms with E-state index in [0.717, 1.165) is 37.8 Å². The summed E-state index contributed by atoms with van der Waals surface area (Å²) in [6.45, 7) is 1.89. The normalized spacial score (nSPS) is 18.2. The van der Waals surface area contributed by atoms with Gasteiger partial charge in [-0.2, -0.15) is 0 Å². The van der Waals surface area contributed by atoms with Crippen LogP contribution in [0.4, 0.5) is 5.69 Å². The van der Waals surface area contributed by atoms with Gasteiger partial charge in [0.05, 0.1) is 0 Å². The molecule has 8 nitrogen and oxygen atoms in total. The fourth-order valence-corrected chi connectivity index (χ4v) is 4.00. The number of carbonyl (C=O) groups is 4. The predicted octanol–water partition coefficient (Wildman–Crippen LogP) is 2.31. The van der Waals surface area contributed by atoms with Gasteiger partial charge in [-0.1, -0.05) is 25.7 Å². The van der Waals surface area contributed by atoms with Gasteiger partial charge in [0.1, 0.15) is 6.54 Å². The van der Waals surface area contributed by atoms with Crippen LogP contribution in [0.1, 0.15) is 68.6 Å². The third-order valence-corrected chi connectivity index (χ3v) is 5.79. The molecule has 168 valence electrons. The molecule has 1 aliphatic carbocycles. The molecule has 2 aliphatic rings. The molecule has 0 spiro atoms. The van der Waals surface area contributed by atoms with Crippen molar-refractivity contribution < 1.29 is 23.9 Å². The number of nitrogens with zero attached hydrogens (tertiary/aromatic N) is 1. The highest BCUT2D eigenvalue weighted by Crippen LogP contribution is 2.21. The standard InChI is InChI=1S/C23H31N3O5/c1-16(22(29)25-18-7-4-2-3-5-8-18)31-21(28)15-24-23(30)17-10-12-19(13-11-17)26-14-6-9-20(26)27/h10-13,16,18H,2-9,14-15H2,1H3,(H,24,30)(H,25,29)/t16-/m0/s1. The van der Waals surface area contributed by atoms with E-state index in [9.17, 15) is 19.2 Å². The van der Waals surface area contributed by atoms with Crippen molar-refractivity contribution in [3.63, 3.8) is 0 Å². The smallest absolute Gasteiger partial charge is 0.326 e. The molecule has 1 aromatic rings. The quantitative estimate of drug-likeness (QED) is 0.511. The Morgan fingerprint density at radius 2 is 1.74 bits per heavy atom. The number of benzene rings is 1. The number of esters is 1. The van der Waals surface area contributed by atoms with E-state index in [1.54, 1.807) is 29.2 Å². The molecular weight excluding hydrogens is 398 g/mol. The number of hydrogen-bond donors (Lipinski definition) is 2. The van der Waals surface area contributed by atoms with E-state index in [1.165, 1.54) is 19.8 Å². The Hall–Kier alpha value is -2.90. The van der Waals surface area contributed by atoms with Crippen LogP contribution in [0.5, 0.6) is 0 Å². The summed E-state index contributed by atoms with van der Waals surface area (Å²) in [6, 6.07) is 6.80. The zero-order valence-corrected chi connectivity index (χ0v) is 18.0. The van der Waals surface area contributed by atoms with Gasteiger partial charge in [0.25, 0.3) is 11.8 Å². The van der Waals surface area contributed by atoms with Gasteiger partial charge in [0, 0.05) is 30.3 Å². The molecule has 31 heavy (non-hydrogen) atoms. The van der Waals surface area contributed by atoms with Crippen molar-refractivity contribution in [2.75, 3.05) is 18.0 Å². The molecule has 0 bridgehead atoms. The molecule has 1 aliphatic heterocycles. The molecule has 3 amide bonds. The maximum absolute atomic E-state index is 12.3. The highest BCUT2D eigenvalue weighted by atomic mass is 16.5. The molecule has 3 rings (SSSR count). The molecule has 2 fully saturated rings. The van der Waals surface area contributed by atoms with Crippen LogP contribution in [0, 0.1) is 0 Å². The zero-order valence-electron chi connectivity index (χ0n) is 18.0. The first-order chi connectivity index (χ1) is 14.9. The summed E-state index contributed by atoms with van der Waals surface area (Å²) in [7, 11) is 0. The first-order valence-electron chi connectivity index (χ1n) is 11.1. The van der Waals surface area contributed by atoms with Gasteiger partial charge in [0.2, 0.25) is 5.91 Å². The van der Waals surface area contributed by atoms with Gasteiger partial charge < -0.3 is 20.3 Å². The van der Waals surface area contributed by atoms with Crippen molar-refractivity contribution in [1.82, 2.24) is 10.6 Å². The number of carbonyl (C=O) groups excluding carboxylic acids is 4. The predicted molar refractivity (Wildman–Crippen MR) is 116 cm³/mol. The van der Waals surface area contributed by atoms with Gasteiger partial charge in [-0.25, -0.2) is 0 Å². The van der Waals surface area contributed by atoms with Crippen LogP contribution in [0.15, 0.2) is 24.3 Å². The number of rotatable bonds is 7. The van der Waals surface area contributed by atoms with Crippen LogP contribution >= 0.6 is 0 Å². The molecule has 0 unspecified atom stereocenters. The minimum absolute atomic E-state index is 0.0807. The van der Waals surface area contributed by atoms with Crippen LogP contribution < -0.4 is 15.5 Å². The first kappa shape index (κ1) is 22.8. The fraction of sp³-hybridized carbons (Fsp3) is 0.565. The maximum atomic E-state index is 12.3. The number of hydrogen-bond acceptors (Lipinski definition) is 5. The van der Waals surface area contributed by atoms with E-state index in [0.29, 0.717) is 18.5 Å². The van der Waals surface area contributed by atoms with Crippen LogP contribution in [0.25, 0.3) is 0 Å². The van der Waals surface area contributed by atoms with Gasteiger partial charge >= 0.3 is 5.97 Å². The SMILES string of the molecule is C[C@H](OC(=O)CNC(=O)c1ccc(N2CCCC2=O)cc1)C(=O)NC1CCCCCC1. The van der Waals surface area contributed by atoms with E-state index in [2.05, 4.69) is 10.6 Å². The van der Waals surface area contributed by atoms with Gasteiger partial charge in [-0.15, -0.1) is 0 Å². The van der Waals surface area contributed by atoms with Crippen LogP contribution in [-0.2, 0) is 19.1 Å². The molecule has 0 radical (unpaired) electrons. The lowest BCUT2D eigenvalue weighted by Crippen LogP contribution is -2.43. The van der Waals surface area contributed by atoms with E-state index in [4.69, 9.17) is 4.74 Å². The topological polar surface area (TPSA) is 105 Å². The minimum atomic E-state index is -0.912. The lowest BCUT2D eigenvalue weighted by atomic mass is 10.1. The van der Waals surface area contributed by atoms with Gasteiger partial charge in [0.15, 0.2) is 6.10 Å². The van der Waals surface area contributed by atoms with Gasteiger partial charge in [-0.05, 0) is 50.5 Å². The molecule has 2 N–H and O–H groups in total. The summed E-state index contributed by atoms with van der Waals surface area (Å²) in [5.74, 6) is -1.32. The highest BCUT2D eigenvalue weighted by molar-refractivity contribution is 5.98. The zero-order chi connectivity index (χ0) is 22.2. The number of nitrogens with one attached hydrogen (secondary N) is 2. The Labute approximate surface area is 182 Å². The van der Waals surface area contributed by atoms with Crippen LogP contribution in [-0.4, -0.2) is 48.9 Å². The van der Waals surface area contributed by atoms with Crippen LogP contribution in [0.3, 0.4) is 0 Å². The summed E-state index contributed by atoms with van der Waals surface area (Å²) in [5.41, 5.74) is 1.13. The second-order valence-electron chi connectivity index (χ2n) is 8.21. The third kappa shape index (κ3) is 6.54. The summed E-state index contributed by atoms with van der Waals surface area (Å²) < 4.78 is 5.16. The van der Waals surface area contributed by atoms with Crippen LogP contribution in [0.2, 0.25) is 0 Å². The summed E-state index contributed by atoms with van der Waals surface area (Å²) in [5, 5.41) is 5.46. The summed E-state index contributed by atoms with van der Waals surface area (Å²) >= 11 is 0. The Morgan fingerprint density at radius 3 is 2.35 bits per heavy atom. The highest BCUT2D eigenvalue weighted by Gasteiger charge is 2.23. The molecule has 0 aromatic heterocycles. The van der Waals surface area contributed by atoms with Crippen molar-refractivity contribution in [3.8, 4) is 0 Å². The van der Waals surface area contributed by atoms with E-state index >= 15 is 0 Å².